The number of hydrogen-bond acceptors (Lipinski definition) is 6. The molecule has 0 radical (unpaired) electrons. The standard InChI is InChI=1S/C19H20F3N3O3/c1-4-27-18(26)12-28-23-11-13-5-7-14(8-6-13)16-9-15(19(20,21)22)10-17(24-16)25(2)3/h5-11H,4,12H2,1-3H3/b23-11+. The number of carbonyl (C=O) groups excluding carboxylic acids is 1. The van der Waals surface area contributed by atoms with Gasteiger partial charge in [-0.1, -0.05) is 29.4 Å². The predicted octanol–water partition coefficient (Wildman–Crippen LogP) is 3.75. The first kappa shape index (κ1) is 21.2. The van der Waals surface area contributed by atoms with Crippen LogP contribution < -0.4 is 4.90 Å². The van der Waals surface area contributed by atoms with Crippen molar-refractivity contribution >= 4 is 18.0 Å². The summed E-state index contributed by atoms with van der Waals surface area (Å²) in [6.45, 7) is 1.64. The van der Waals surface area contributed by atoms with Crippen LogP contribution in [0.4, 0.5) is 19.0 Å². The van der Waals surface area contributed by atoms with Crippen LogP contribution in [0.25, 0.3) is 11.3 Å². The van der Waals surface area contributed by atoms with Crippen LogP contribution in [0.5, 0.6) is 0 Å². The number of hydrogen-bond donors (Lipinski definition) is 0. The zero-order valence-electron chi connectivity index (χ0n) is 15.7. The lowest BCUT2D eigenvalue weighted by molar-refractivity contribution is -0.148. The smallest absolute Gasteiger partial charge is 0.416 e. The summed E-state index contributed by atoms with van der Waals surface area (Å²) in [6, 6.07) is 8.60. The van der Waals surface area contributed by atoms with E-state index in [-0.39, 0.29) is 24.7 Å². The van der Waals surface area contributed by atoms with E-state index in [1.54, 1.807) is 45.3 Å². The molecule has 2 aromatic rings. The average molecular weight is 395 g/mol. The molecule has 0 aliphatic heterocycles. The van der Waals surface area contributed by atoms with E-state index in [0.717, 1.165) is 12.1 Å². The fourth-order valence-corrected chi connectivity index (χ4v) is 2.19. The van der Waals surface area contributed by atoms with Crippen LogP contribution >= 0.6 is 0 Å². The van der Waals surface area contributed by atoms with Crippen LogP contribution in [0.15, 0.2) is 41.6 Å². The molecule has 1 aromatic carbocycles. The van der Waals surface area contributed by atoms with Crippen molar-refractivity contribution in [3.63, 3.8) is 0 Å². The number of aromatic nitrogens is 1. The van der Waals surface area contributed by atoms with E-state index in [4.69, 9.17) is 9.57 Å². The van der Waals surface area contributed by atoms with Gasteiger partial charge in [0.25, 0.3) is 0 Å². The summed E-state index contributed by atoms with van der Waals surface area (Å²) in [5.74, 6) is -0.315. The number of pyridine rings is 1. The largest absolute Gasteiger partial charge is 0.463 e. The van der Waals surface area contributed by atoms with Crippen LogP contribution in [-0.4, -0.2) is 44.5 Å². The van der Waals surface area contributed by atoms with Crippen LogP contribution in [0.1, 0.15) is 18.1 Å². The van der Waals surface area contributed by atoms with Gasteiger partial charge in [-0.15, -0.1) is 0 Å². The van der Waals surface area contributed by atoms with Gasteiger partial charge in [-0.25, -0.2) is 9.78 Å². The Bertz CT molecular complexity index is 835. The Morgan fingerprint density at radius 2 is 1.89 bits per heavy atom. The van der Waals surface area contributed by atoms with Crippen LogP contribution in [0.3, 0.4) is 0 Å². The van der Waals surface area contributed by atoms with Gasteiger partial charge in [0, 0.05) is 19.7 Å². The lowest BCUT2D eigenvalue weighted by Crippen LogP contribution is -2.14. The molecule has 28 heavy (non-hydrogen) atoms. The van der Waals surface area contributed by atoms with Crippen molar-refractivity contribution in [2.75, 3.05) is 32.2 Å². The van der Waals surface area contributed by atoms with Crippen LogP contribution in [-0.2, 0) is 20.5 Å². The van der Waals surface area contributed by atoms with Crippen LogP contribution in [0.2, 0.25) is 0 Å². The summed E-state index contributed by atoms with van der Waals surface area (Å²) in [5, 5.41) is 3.65. The molecule has 0 saturated heterocycles. The zero-order chi connectivity index (χ0) is 20.7. The monoisotopic (exact) mass is 395 g/mol. The molecule has 0 aliphatic carbocycles. The molecule has 0 amide bonds. The zero-order valence-corrected chi connectivity index (χ0v) is 15.7. The Morgan fingerprint density at radius 1 is 1.21 bits per heavy atom. The van der Waals surface area contributed by atoms with Crippen molar-refractivity contribution in [1.29, 1.82) is 0 Å². The molecule has 0 saturated carbocycles. The third-order valence-corrected chi connectivity index (χ3v) is 3.57. The van der Waals surface area contributed by atoms with E-state index in [1.807, 2.05) is 0 Å². The molecule has 6 nitrogen and oxygen atoms in total. The molecule has 0 bridgehead atoms. The van der Waals surface area contributed by atoms with Gasteiger partial charge in [0.05, 0.1) is 24.1 Å². The third kappa shape index (κ3) is 5.97. The summed E-state index contributed by atoms with van der Waals surface area (Å²) in [7, 11) is 3.25. The SMILES string of the molecule is CCOC(=O)CO/N=C/c1ccc(-c2cc(C(F)(F)F)cc(N(C)C)n2)cc1. The van der Waals surface area contributed by atoms with E-state index in [2.05, 4.69) is 10.1 Å². The van der Waals surface area contributed by atoms with Crippen molar-refractivity contribution in [3.05, 3.63) is 47.5 Å². The lowest BCUT2D eigenvalue weighted by Gasteiger charge is -2.16. The normalized spacial score (nSPS) is 11.5. The number of nitrogens with zero attached hydrogens (tertiary/aromatic N) is 3. The quantitative estimate of drug-likeness (QED) is 0.406. The number of halogens is 3. The van der Waals surface area contributed by atoms with Gasteiger partial charge in [0.1, 0.15) is 5.82 Å². The second-order valence-corrected chi connectivity index (χ2v) is 5.93. The minimum Gasteiger partial charge on any atom is -0.463 e. The van der Waals surface area contributed by atoms with E-state index < -0.39 is 17.7 Å². The Balaban J connectivity index is 2.16. The number of alkyl halides is 3. The lowest BCUT2D eigenvalue weighted by atomic mass is 10.1. The summed E-state index contributed by atoms with van der Waals surface area (Å²) in [5.41, 5.74) is 0.617. The molecule has 1 aromatic heterocycles. The number of oxime groups is 1. The molecule has 0 aliphatic rings. The van der Waals surface area contributed by atoms with Crippen molar-refractivity contribution in [2.24, 2.45) is 5.16 Å². The van der Waals surface area contributed by atoms with Gasteiger partial charge in [-0.2, -0.15) is 13.2 Å². The molecule has 1 heterocycles. The van der Waals surface area contributed by atoms with E-state index in [1.165, 1.54) is 11.1 Å². The minimum atomic E-state index is -4.47. The summed E-state index contributed by atoms with van der Waals surface area (Å²) < 4.78 is 44.2. The number of anilines is 1. The van der Waals surface area contributed by atoms with Gasteiger partial charge in [0.15, 0.2) is 0 Å². The van der Waals surface area contributed by atoms with Crippen LogP contribution in [0, 0.1) is 0 Å². The first-order valence-electron chi connectivity index (χ1n) is 8.38. The molecule has 150 valence electrons. The first-order chi connectivity index (χ1) is 13.2. The van der Waals surface area contributed by atoms with Gasteiger partial charge < -0.3 is 14.5 Å². The number of benzene rings is 1. The molecule has 2 rings (SSSR count). The molecular weight excluding hydrogens is 375 g/mol. The van der Waals surface area contributed by atoms with Gasteiger partial charge in [0.2, 0.25) is 6.61 Å². The second-order valence-electron chi connectivity index (χ2n) is 5.93. The van der Waals surface area contributed by atoms with Crippen molar-refractivity contribution < 1.29 is 27.5 Å². The van der Waals surface area contributed by atoms with Crippen molar-refractivity contribution in [2.45, 2.75) is 13.1 Å². The molecule has 0 N–H and O–H groups in total. The van der Waals surface area contributed by atoms with Gasteiger partial charge >= 0.3 is 12.1 Å². The highest BCUT2D eigenvalue weighted by Gasteiger charge is 2.32. The summed E-state index contributed by atoms with van der Waals surface area (Å²) >= 11 is 0. The Labute approximate surface area is 160 Å². The summed E-state index contributed by atoms with van der Waals surface area (Å²) in [6.07, 6.45) is -3.08. The van der Waals surface area contributed by atoms with E-state index in [9.17, 15) is 18.0 Å². The van der Waals surface area contributed by atoms with Gasteiger partial charge in [-0.05, 0) is 24.6 Å². The number of esters is 1. The molecule has 9 heteroatoms. The van der Waals surface area contributed by atoms with E-state index in [0.29, 0.717) is 11.1 Å². The summed E-state index contributed by atoms with van der Waals surface area (Å²) in [4.78, 5) is 21.7. The molecule has 0 unspecified atom stereocenters. The fraction of sp³-hybridized carbons (Fsp3) is 0.316. The first-order valence-corrected chi connectivity index (χ1v) is 8.38. The number of carbonyl (C=O) groups is 1. The maximum absolute atomic E-state index is 13.2. The number of rotatable bonds is 7. The average Bonchev–Trinajstić information content (AvgIpc) is 2.65. The second kappa shape index (κ2) is 9.20. The number of ether oxygens (including phenoxy) is 1. The molecule has 0 spiro atoms. The van der Waals surface area contributed by atoms with Gasteiger partial charge in [-0.3, -0.25) is 0 Å². The highest BCUT2D eigenvalue weighted by molar-refractivity contribution is 5.80. The Hall–Kier alpha value is -3.10. The van der Waals surface area contributed by atoms with Crippen molar-refractivity contribution in [1.82, 2.24) is 4.98 Å². The van der Waals surface area contributed by atoms with Crippen molar-refractivity contribution in [3.8, 4) is 11.3 Å². The van der Waals surface area contributed by atoms with E-state index >= 15 is 0 Å². The topological polar surface area (TPSA) is 64.0 Å². The Morgan fingerprint density at radius 3 is 2.46 bits per heavy atom. The Kier molecular flexibility index (Phi) is 6.97. The molecule has 0 atom stereocenters. The predicted molar refractivity (Wildman–Crippen MR) is 99.2 cm³/mol. The maximum Gasteiger partial charge on any atom is 0.416 e. The maximum atomic E-state index is 13.2. The molecule has 0 fully saturated rings. The highest BCUT2D eigenvalue weighted by Crippen LogP contribution is 2.33. The fourth-order valence-electron chi connectivity index (χ4n) is 2.19. The third-order valence-electron chi connectivity index (χ3n) is 3.57. The molecular formula is C19H20F3N3O3. The minimum absolute atomic E-state index is 0.209. The highest BCUT2D eigenvalue weighted by atomic mass is 19.4.